The van der Waals surface area contributed by atoms with Gasteiger partial charge < -0.3 is 15.7 Å². The minimum atomic E-state index is -0.677. The summed E-state index contributed by atoms with van der Waals surface area (Å²) in [4.78, 5) is 10.8. The number of carbonyl (C=O) groups is 1. The molecule has 1 aromatic rings. The molecule has 0 aromatic heterocycles. The Bertz CT molecular complexity index is 381. The molecule has 5 heteroatoms. The maximum absolute atomic E-state index is 12.9. The zero-order valence-corrected chi connectivity index (χ0v) is 7.25. The van der Waals surface area contributed by atoms with E-state index in [2.05, 4.69) is 10.6 Å². The van der Waals surface area contributed by atoms with E-state index in [1.54, 1.807) is 6.07 Å². The summed E-state index contributed by atoms with van der Waals surface area (Å²) in [6, 6.07) is 3.57. The highest BCUT2D eigenvalue weighted by Crippen LogP contribution is 2.27. The highest BCUT2D eigenvalue weighted by molar-refractivity contribution is 5.77. The van der Waals surface area contributed by atoms with E-state index in [9.17, 15) is 14.3 Å². The SMILES string of the molecule is O=C1NCC(c2cccc(F)c2O)N1. The predicted octanol–water partition coefficient (Wildman–Crippen LogP) is 0.885. The smallest absolute Gasteiger partial charge is 0.315 e. The number of phenolic OH excluding ortho intramolecular Hbond substituents is 1. The van der Waals surface area contributed by atoms with Crippen LogP contribution in [0.25, 0.3) is 0 Å². The molecule has 1 aromatic carbocycles. The Morgan fingerprint density at radius 1 is 1.50 bits per heavy atom. The van der Waals surface area contributed by atoms with Crippen LogP contribution < -0.4 is 10.6 Å². The quantitative estimate of drug-likeness (QED) is 0.624. The molecule has 74 valence electrons. The summed E-state index contributed by atoms with van der Waals surface area (Å²) in [7, 11) is 0. The van der Waals surface area contributed by atoms with Crippen LogP contribution in [0.15, 0.2) is 18.2 Å². The lowest BCUT2D eigenvalue weighted by Gasteiger charge is -2.10. The van der Waals surface area contributed by atoms with Crippen molar-refractivity contribution >= 4 is 6.03 Å². The van der Waals surface area contributed by atoms with Crippen molar-refractivity contribution in [1.82, 2.24) is 10.6 Å². The number of carbonyl (C=O) groups excluding carboxylic acids is 1. The highest BCUT2D eigenvalue weighted by atomic mass is 19.1. The number of hydrogen-bond donors (Lipinski definition) is 3. The zero-order chi connectivity index (χ0) is 10.1. The molecule has 0 saturated carbocycles. The predicted molar refractivity (Wildman–Crippen MR) is 47.3 cm³/mol. The molecule has 0 aliphatic carbocycles. The first-order valence-electron chi connectivity index (χ1n) is 4.20. The number of urea groups is 1. The molecule has 1 unspecified atom stereocenters. The average molecular weight is 196 g/mol. The van der Waals surface area contributed by atoms with E-state index in [1.807, 2.05) is 0 Å². The molecule has 4 nitrogen and oxygen atoms in total. The van der Waals surface area contributed by atoms with Crippen LogP contribution in [0, 0.1) is 5.82 Å². The van der Waals surface area contributed by atoms with Gasteiger partial charge in [-0.25, -0.2) is 9.18 Å². The lowest BCUT2D eigenvalue weighted by atomic mass is 10.1. The van der Waals surface area contributed by atoms with Gasteiger partial charge in [0.1, 0.15) is 0 Å². The minimum absolute atomic E-state index is 0.307. The van der Waals surface area contributed by atoms with Crippen LogP contribution in [-0.4, -0.2) is 17.7 Å². The minimum Gasteiger partial charge on any atom is -0.505 e. The zero-order valence-electron chi connectivity index (χ0n) is 7.25. The lowest BCUT2D eigenvalue weighted by molar-refractivity contribution is 0.247. The summed E-state index contributed by atoms with van der Waals surface area (Å²) in [5.41, 5.74) is 0.392. The fraction of sp³-hybridized carbons (Fsp3) is 0.222. The van der Waals surface area contributed by atoms with Crippen LogP contribution in [-0.2, 0) is 0 Å². The van der Waals surface area contributed by atoms with Crippen molar-refractivity contribution in [2.24, 2.45) is 0 Å². The molecule has 3 N–H and O–H groups in total. The molecule has 1 aliphatic rings. The summed E-state index contributed by atoms with van der Waals surface area (Å²) in [5.74, 6) is -1.08. The maximum Gasteiger partial charge on any atom is 0.315 e. The number of aromatic hydroxyl groups is 1. The van der Waals surface area contributed by atoms with Crippen LogP contribution in [0.3, 0.4) is 0 Å². The van der Waals surface area contributed by atoms with Gasteiger partial charge in [-0.3, -0.25) is 0 Å². The van der Waals surface area contributed by atoms with Gasteiger partial charge in [0, 0.05) is 12.1 Å². The lowest BCUT2D eigenvalue weighted by Crippen LogP contribution is -2.21. The Morgan fingerprint density at radius 2 is 2.29 bits per heavy atom. The van der Waals surface area contributed by atoms with Gasteiger partial charge in [-0.1, -0.05) is 12.1 Å². The Balaban J connectivity index is 2.32. The third kappa shape index (κ3) is 1.37. The number of benzene rings is 1. The van der Waals surface area contributed by atoms with E-state index >= 15 is 0 Å². The van der Waals surface area contributed by atoms with Gasteiger partial charge in [0.25, 0.3) is 0 Å². The van der Waals surface area contributed by atoms with Crippen molar-refractivity contribution in [1.29, 1.82) is 0 Å². The average Bonchev–Trinajstić information content (AvgIpc) is 2.57. The number of amides is 2. The van der Waals surface area contributed by atoms with Crippen molar-refractivity contribution in [3.8, 4) is 5.75 Å². The standard InChI is InChI=1S/C9H9FN2O2/c10-6-3-1-2-5(8(6)13)7-4-11-9(14)12-7/h1-3,7,13H,4H2,(H2,11,12,14). The van der Waals surface area contributed by atoms with Crippen LogP contribution in [0.2, 0.25) is 0 Å². The van der Waals surface area contributed by atoms with Crippen LogP contribution in [0.4, 0.5) is 9.18 Å². The number of phenols is 1. The summed E-state index contributed by atoms with van der Waals surface area (Å²) in [5, 5.41) is 14.5. The third-order valence-corrected chi connectivity index (χ3v) is 2.17. The van der Waals surface area contributed by atoms with Gasteiger partial charge in [0.15, 0.2) is 11.6 Å². The summed E-state index contributed by atoms with van der Waals surface area (Å²) < 4.78 is 12.9. The largest absolute Gasteiger partial charge is 0.505 e. The first-order valence-corrected chi connectivity index (χ1v) is 4.20. The van der Waals surface area contributed by atoms with Crippen molar-refractivity contribution in [3.05, 3.63) is 29.6 Å². The van der Waals surface area contributed by atoms with Crippen LogP contribution in [0.1, 0.15) is 11.6 Å². The molecule has 1 saturated heterocycles. The van der Waals surface area contributed by atoms with Gasteiger partial charge >= 0.3 is 6.03 Å². The number of para-hydroxylation sites is 1. The fourth-order valence-corrected chi connectivity index (χ4v) is 1.46. The number of nitrogens with one attached hydrogen (secondary N) is 2. The van der Waals surface area contributed by atoms with E-state index in [-0.39, 0.29) is 12.1 Å². The first-order chi connectivity index (χ1) is 6.68. The third-order valence-electron chi connectivity index (χ3n) is 2.17. The monoisotopic (exact) mass is 196 g/mol. The Morgan fingerprint density at radius 3 is 2.93 bits per heavy atom. The summed E-state index contributed by atoms with van der Waals surface area (Å²) in [6.45, 7) is 0.357. The van der Waals surface area contributed by atoms with Crippen molar-refractivity contribution in [2.75, 3.05) is 6.54 Å². The molecule has 2 rings (SSSR count). The molecule has 0 spiro atoms. The molecule has 1 heterocycles. The molecule has 1 atom stereocenters. The number of rotatable bonds is 1. The first kappa shape index (κ1) is 8.80. The van der Waals surface area contributed by atoms with Crippen molar-refractivity contribution in [2.45, 2.75) is 6.04 Å². The van der Waals surface area contributed by atoms with Gasteiger partial charge in [0.2, 0.25) is 0 Å². The van der Waals surface area contributed by atoms with Crippen LogP contribution >= 0.6 is 0 Å². The molecule has 2 amide bonds. The molecule has 1 fully saturated rings. The van der Waals surface area contributed by atoms with Gasteiger partial charge in [-0.2, -0.15) is 0 Å². The normalized spacial score (nSPS) is 20.4. The summed E-state index contributed by atoms with van der Waals surface area (Å²) in [6.07, 6.45) is 0. The molecule has 14 heavy (non-hydrogen) atoms. The second-order valence-electron chi connectivity index (χ2n) is 3.08. The van der Waals surface area contributed by atoms with Gasteiger partial charge in [-0.15, -0.1) is 0 Å². The number of hydrogen-bond acceptors (Lipinski definition) is 2. The van der Waals surface area contributed by atoms with Crippen molar-refractivity contribution < 1.29 is 14.3 Å². The Kier molecular flexibility index (Phi) is 1.99. The summed E-state index contributed by atoms with van der Waals surface area (Å²) >= 11 is 0. The number of halogens is 1. The van der Waals surface area contributed by atoms with E-state index in [1.165, 1.54) is 12.1 Å². The molecular weight excluding hydrogens is 187 g/mol. The molecular formula is C9H9FN2O2. The van der Waals surface area contributed by atoms with E-state index in [0.717, 1.165) is 0 Å². The van der Waals surface area contributed by atoms with Crippen LogP contribution in [0.5, 0.6) is 5.75 Å². The second kappa shape index (κ2) is 3.17. The Labute approximate surface area is 79.7 Å². The van der Waals surface area contributed by atoms with Gasteiger partial charge in [-0.05, 0) is 6.07 Å². The van der Waals surface area contributed by atoms with E-state index in [0.29, 0.717) is 12.1 Å². The topological polar surface area (TPSA) is 61.4 Å². The second-order valence-corrected chi connectivity index (χ2v) is 3.08. The molecule has 0 radical (unpaired) electrons. The van der Waals surface area contributed by atoms with Gasteiger partial charge in [0.05, 0.1) is 6.04 Å². The maximum atomic E-state index is 12.9. The Hall–Kier alpha value is -1.78. The highest BCUT2D eigenvalue weighted by Gasteiger charge is 2.24. The van der Waals surface area contributed by atoms with E-state index in [4.69, 9.17) is 0 Å². The molecule has 0 bridgehead atoms. The van der Waals surface area contributed by atoms with Crippen molar-refractivity contribution in [3.63, 3.8) is 0 Å². The van der Waals surface area contributed by atoms with E-state index < -0.39 is 11.6 Å². The molecule has 1 aliphatic heterocycles. The fourth-order valence-electron chi connectivity index (χ4n) is 1.46.